The molecular weight excluding hydrogens is 789 g/mol. The van der Waals surface area contributed by atoms with E-state index >= 15 is 0 Å². The van der Waals surface area contributed by atoms with Crippen molar-refractivity contribution in [3.05, 3.63) is 92.1 Å². The Morgan fingerprint density at radius 1 is 1.00 bits per heavy atom. The summed E-state index contributed by atoms with van der Waals surface area (Å²) in [5, 5.41) is 11.1. The first-order chi connectivity index (χ1) is 16.7. The van der Waals surface area contributed by atoms with Gasteiger partial charge in [0.15, 0.2) is 0 Å². The standard InChI is InChI=1S/C14H13NO2.C14H19N.CH4.I3/c1-8(2)13-10-6-7-11(13)14-9(10)4-3-5-12(14)15(16)17;1-8(2)13-10-6-7-11(13)14-9(10)4-3-5-12(14)15;;1-3-2/h3-7,10-11H,1-2H3;3-5,8,10-11,13H,6-7,15H2,1-2H3;1H4;/q;;;-1. The van der Waals surface area contributed by atoms with Gasteiger partial charge in [-0.15, -0.1) is 0 Å². The van der Waals surface area contributed by atoms with Crippen molar-refractivity contribution >= 4 is 48.6 Å². The van der Waals surface area contributed by atoms with Crippen LogP contribution in [-0.4, -0.2) is 4.92 Å². The van der Waals surface area contributed by atoms with Crippen LogP contribution in [0.3, 0.4) is 0 Å². The Balaban J connectivity index is 0.000000178. The van der Waals surface area contributed by atoms with E-state index in [0.717, 1.165) is 40.5 Å². The predicted molar refractivity (Wildman–Crippen MR) is 165 cm³/mol. The minimum absolute atomic E-state index is 0. The number of nitrogens with two attached hydrogens (primary N) is 1. The van der Waals surface area contributed by atoms with E-state index in [1.54, 1.807) is 17.7 Å². The molecule has 0 radical (unpaired) electrons. The molecule has 6 rings (SSSR count). The van der Waals surface area contributed by atoms with Crippen LogP contribution in [0.5, 0.6) is 0 Å². The van der Waals surface area contributed by atoms with E-state index in [2.05, 4.69) is 95.3 Å². The molecule has 4 aliphatic carbocycles. The van der Waals surface area contributed by atoms with Gasteiger partial charge in [0.1, 0.15) is 0 Å². The van der Waals surface area contributed by atoms with Crippen molar-refractivity contribution in [3.63, 3.8) is 0 Å². The summed E-state index contributed by atoms with van der Waals surface area (Å²) < 4.78 is 0. The van der Waals surface area contributed by atoms with Crippen LogP contribution in [0.15, 0.2) is 59.7 Å². The van der Waals surface area contributed by atoms with Crippen LogP contribution in [-0.2, 0) is 0 Å². The van der Waals surface area contributed by atoms with Crippen molar-refractivity contribution in [1.82, 2.24) is 0 Å². The molecule has 196 valence electrons. The monoisotopic (exact) mass is 825 g/mol. The van der Waals surface area contributed by atoms with Crippen LogP contribution in [0.4, 0.5) is 11.4 Å². The first-order valence-electron chi connectivity index (χ1n) is 12.1. The molecule has 0 amide bonds. The summed E-state index contributed by atoms with van der Waals surface area (Å²) in [4.78, 5) is 10.8. The van der Waals surface area contributed by atoms with Gasteiger partial charge in [-0.2, -0.15) is 0 Å². The number of halogens is 3. The first-order valence-corrected chi connectivity index (χ1v) is 24.7. The molecule has 4 bridgehead atoms. The van der Waals surface area contributed by atoms with Gasteiger partial charge in [-0.05, 0) is 78.7 Å². The van der Waals surface area contributed by atoms with E-state index in [-0.39, 0.29) is 29.9 Å². The number of rotatable bonds is 2. The van der Waals surface area contributed by atoms with Gasteiger partial charge < -0.3 is 5.73 Å². The Kier molecular flexibility index (Phi) is 10.3. The predicted octanol–water partition coefficient (Wildman–Crippen LogP) is 6.61. The number of allylic oxidation sites excluding steroid dienone is 4. The molecule has 5 atom stereocenters. The summed E-state index contributed by atoms with van der Waals surface area (Å²) in [6.45, 7) is 8.89. The molecule has 4 nitrogen and oxygen atoms in total. The van der Waals surface area contributed by atoms with E-state index in [1.165, 1.54) is 29.6 Å². The van der Waals surface area contributed by atoms with Gasteiger partial charge in [0, 0.05) is 29.2 Å². The van der Waals surface area contributed by atoms with Crippen molar-refractivity contribution in [3.8, 4) is 0 Å². The minimum atomic E-state index is -0.268. The summed E-state index contributed by atoms with van der Waals surface area (Å²) in [5.41, 5.74) is 15.1. The molecule has 0 spiro atoms. The van der Waals surface area contributed by atoms with Gasteiger partial charge in [-0.1, -0.05) is 63.3 Å². The number of fused-ring (bicyclic) bond motifs is 10. The van der Waals surface area contributed by atoms with Crippen LogP contribution >= 0.6 is 37.2 Å². The third-order valence-corrected chi connectivity index (χ3v) is 8.13. The van der Waals surface area contributed by atoms with Crippen LogP contribution in [0, 0.1) is 22.0 Å². The quantitative estimate of drug-likeness (QED) is 0.122. The molecule has 2 aromatic carbocycles. The van der Waals surface area contributed by atoms with Gasteiger partial charge in [-0.25, -0.2) is 0 Å². The fraction of sp³-hybridized carbons (Fsp3) is 0.448. The van der Waals surface area contributed by atoms with E-state index in [1.807, 2.05) is 6.07 Å². The van der Waals surface area contributed by atoms with Gasteiger partial charge in [0.2, 0.25) is 0 Å². The van der Waals surface area contributed by atoms with Gasteiger partial charge >= 0.3 is 50.5 Å². The van der Waals surface area contributed by atoms with Gasteiger partial charge in [0.05, 0.1) is 4.92 Å². The normalized spacial score (nSPS) is 25.4. The van der Waals surface area contributed by atoms with E-state index in [0.29, 0.717) is 13.3 Å². The van der Waals surface area contributed by atoms with Gasteiger partial charge in [0.25, 0.3) is 5.69 Å². The number of nitrogens with zero attached hydrogens (tertiary/aromatic N) is 1. The maximum atomic E-state index is 11.1. The zero-order chi connectivity index (χ0) is 25.4. The fourth-order valence-electron chi connectivity index (χ4n) is 7.11. The number of nitro groups is 1. The Morgan fingerprint density at radius 3 is 2.17 bits per heavy atom. The zero-order valence-electron chi connectivity index (χ0n) is 20.5. The summed E-state index contributed by atoms with van der Waals surface area (Å²) in [7, 11) is 0. The van der Waals surface area contributed by atoms with Crippen molar-refractivity contribution in [2.75, 3.05) is 5.73 Å². The SMILES string of the molecule is C.CC(C)=C1C2C=CC1c1c2cccc1[N+](=O)[O-].CC(C)C1C2CCC1c1c(N)cccc12.I[I-]I. The molecule has 1 fully saturated rings. The molecule has 36 heavy (non-hydrogen) atoms. The van der Waals surface area contributed by atoms with E-state index in [4.69, 9.17) is 5.73 Å². The third-order valence-electron chi connectivity index (χ3n) is 8.13. The van der Waals surface area contributed by atoms with Crippen LogP contribution < -0.4 is 19.0 Å². The molecule has 7 heteroatoms. The summed E-state index contributed by atoms with van der Waals surface area (Å²) in [5.74, 6) is 3.58. The fourth-order valence-corrected chi connectivity index (χ4v) is 7.11. The molecule has 2 N–H and O–H groups in total. The van der Waals surface area contributed by atoms with E-state index in [9.17, 15) is 10.1 Å². The van der Waals surface area contributed by atoms with Crippen molar-refractivity contribution < 1.29 is 18.2 Å². The van der Waals surface area contributed by atoms with Crippen molar-refractivity contribution in [2.24, 2.45) is 11.8 Å². The third kappa shape index (κ3) is 5.26. The molecule has 0 heterocycles. The Labute approximate surface area is 245 Å². The molecule has 0 aromatic heterocycles. The second-order valence-corrected chi connectivity index (χ2v) is 26.6. The summed E-state index contributed by atoms with van der Waals surface area (Å²) >= 11 is 5.30. The second kappa shape index (κ2) is 12.4. The molecule has 5 unspecified atom stereocenters. The average molecular weight is 825 g/mol. The zero-order valence-corrected chi connectivity index (χ0v) is 26.9. The van der Waals surface area contributed by atoms with Crippen LogP contribution in [0.25, 0.3) is 0 Å². The molecule has 1 saturated carbocycles. The van der Waals surface area contributed by atoms with Crippen LogP contribution in [0.2, 0.25) is 0 Å². The van der Waals surface area contributed by atoms with E-state index < -0.39 is 0 Å². The summed E-state index contributed by atoms with van der Waals surface area (Å²) in [6.07, 6.45) is 7.00. The van der Waals surface area contributed by atoms with Gasteiger partial charge in [-0.3, -0.25) is 10.1 Å². The topological polar surface area (TPSA) is 69.2 Å². The molecule has 0 aliphatic heterocycles. The van der Waals surface area contributed by atoms with Crippen molar-refractivity contribution in [2.45, 2.75) is 71.6 Å². The molecule has 4 aliphatic rings. The number of anilines is 1. The molecule has 0 saturated heterocycles. The second-order valence-electron chi connectivity index (χ2n) is 10.3. The number of nitrogen functional groups attached to an aromatic ring is 1. The number of benzene rings is 2. The average Bonchev–Trinajstić information content (AvgIpc) is 3.57. The maximum absolute atomic E-state index is 11.1. The number of nitro benzene ring substituents is 1. The van der Waals surface area contributed by atoms with Crippen molar-refractivity contribution in [1.29, 1.82) is 0 Å². The molecular formula is C29H36I3N2O2-. The summed E-state index contributed by atoms with van der Waals surface area (Å²) in [6, 6.07) is 11.9. The van der Waals surface area contributed by atoms with Crippen LogP contribution in [0.1, 0.15) is 93.9 Å². The Bertz CT molecular complexity index is 1190. The number of hydrogen-bond donors (Lipinski definition) is 1. The number of hydrogen-bond acceptors (Lipinski definition) is 3. The molecule has 2 aromatic rings. The Morgan fingerprint density at radius 2 is 1.58 bits per heavy atom. The first kappa shape index (κ1) is 29.9. The Hall–Kier alpha value is -0.690.